The fraction of sp³-hybridized carbons (Fsp3) is 0.357. The number of alkyl halides is 3. The number of halogens is 4. The fourth-order valence-electron chi connectivity index (χ4n) is 2.00. The minimum atomic E-state index is -4.73. The molecule has 0 saturated carbocycles. The second-order valence-corrected chi connectivity index (χ2v) is 6.17. The van der Waals surface area contributed by atoms with E-state index in [1.807, 2.05) is 0 Å². The van der Waals surface area contributed by atoms with E-state index in [0.29, 0.717) is 9.86 Å². The predicted octanol–water partition coefficient (Wildman–Crippen LogP) is 3.93. The van der Waals surface area contributed by atoms with Crippen molar-refractivity contribution in [3.8, 4) is 0 Å². The molecule has 0 radical (unpaired) electrons. The summed E-state index contributed by atoms with van der Waals surface area (Å²) in [5.74, 6) is -3.00. The average Bonchev–Trinajstić information content (AvgIpc) is 2.42. The molecule has 0 saturated heterocycles. The largest absolute Gasteiger partial charge is 0.480 e. The van der Waals surface area contributed by atoms with Crippen molar-refractivity contribution in [2.75, 3.05) is 5.32 Å². The summed E-state index contributed by atoms with van der Waals surface area (Å²) in [6.45, 7) is 3.30. The maximum Gasteiger partial charge on any atom is 0.451 e. The molecule has 9 heteroatoms. The van der Waals surface area contributed by atoms with Crippen LogP contribution in [0.25, 0.3) is 10.9 Å². The summed E-state index contributed by atoms with van der Waals surface area (Å²) >= 11 is 3.23. The molecular formula is C14H13BrF3N3O2. The number of nitrogens with zero attached hydrogens (tertiary/aromatic N) is 2. The molecule has 0 fully saturated rings. The normalized spacial score (nSPS) is 13.3. The van der Waals surface area contributed by atoms with E-state index in [2.05, 4.69) is 31.2 Å². The van der Waals surface area contributed by atoms with Crippen LogP contribution >= 0.6 is 15.9 Å². The van der Waals surface area contributed by atoms with Gasteiger partial charge in [-0.05, 0) is 24.1 Å². The molecule has 0 amide bonds. The summed E-state index contributed by atoms with van der Waals surface area (Å²) in [5, 5.41) is 12.1. The van der Waals surface area contributed by atoms with E-state index >= 15 is 0 Å². The first-order valence-electron chi connectivity index (χ1n) is 6.63. The number of fused-ring (bicyclic) bond motifs is 1. The molecule has 0 aliphatic carbocycles. The van der Waals surface area contributed by atoms with E-state index in [1.165, 1.54) is 12.1 Å². The van der Waals surface area contributed by atoms with Crippen molar-refractivity contribution >= 4 is 38.6 Å². The SMILES string of the molecule is CC(C)C(Nc1nc(C(F)(F)F)nc2ccc(Br)cc12)C(=O)O. The van der Waals surface area contributed by atoms with E-state index in [-0.39, 0.29) is 17.3 Å². The highest BCUT2D eigenvalue weighted by atomic mass is 79.9. The molecule has 0 spiro atoms. The van der Waals surface area contributed by atoms with Gasteiger partial charge in [0.2, 0.25) is 5.82 Å². The number of anilines is 1. The highest BCUT2D eigenvalue weighted by Crippen LogP contribution is 2.32. The van der Waals surface area contributed by atoms with E-state index in [9.17, 15) is 23.1 Å². The lowest BCUT2D eigenvalue weighted by Gasteiger charge is -2.20. The number of nitrogens with one attached hydrogen (secondary N) is 1. The van der Waals surface area contributed by atoms with Crippen LogP contribution in [0.3, 0.4) is 0 Å². The topological polar surface area (TPSA) is 75.1 Å². The van der Waals surface area contributed by atoms with Crippen molar-refractivity contribution in [2.45, 2.75) is 26.1 Å². The zero-order chi connectivity index (χ0) is 17.4. The minimum absolute atomic E-state index is 0.0749. The van der Waals surface area contributed by atoms with E-state index < -0.39 is 24.0 Å². The molecule has 1 heterocycles. The molecule has 1 aromatic carbocycles. The van der Waals surface area contributed by atoms with Crippen LogP contribution in [0.4, 0.5) is 19.0 Å². The van der Waals surface area contributed by atoms with Gasteiger partial charge in [0.15, 0.2) is 0 Å². The van der Waals surface area contributed by atoms with Crippen LogP contribution in [0.1, 0.15) is 19.7 Å². The summed E-state index contributed by atoms with van der Waals surface area (Å²) in [4.78, 5) is 18.3. The van der Waals surface area contributed by atoms with Crippen LogP contribution < -0.4 is 5.32 Å². The van der Waals surface area contributed by atoms with Crippen LogP contribution in [-0.4, -0.2) is 27.1 Å². The summed E-state index contributed by atoms with van der Waals surface area (Å²) in [5.41, 5.74) is 0.0749. The summed E-state index contributed by atoms with van der Waals surface area (Å²) in [7, 11) is 0. The van der Waals surface area contributed by atoms with Gasteiger partial charge in [-0.15, -0.1) is 0 Å². The van der Waals surface area contributed by atoms with Gasteiger partial charge in [-0.25, -0.2) is 14.8 Å². The van der Waals surface area contributed by atoms with Gasteiger partial charge in [-0.3, -0.25) is 0 Å². The molecule has 0 bridgehead atoms. The molecular weight excluding hydrogens is 379 g/mol. The Bertz CT molecular complexity index is 750. The van der Waals surface area contributed by atoms with Crippen LogP contribution in [0.15, 0.2) is 22.7 Å². The Balaban J connectivity index is 2.63. The fourth-order valence-corrected chi connectivity index (χ4v) is 2.36. The van der Waals surface area contributed by atoms with Gasteiger partial charge in [0.1, 0.15) is 11.9 Å². The van der Waals surface area contributed by atoms with Crippen molar-refractivity contribution in [3.63, 3.8) is 0 Å². The number of benzene rings is 1. The van der Waals surface area contributed by atoms with Crippen molar-refractivity contribution in [2.24, 2.45) is 5.92 Å². The van der Waals surface area contributed by atoms with Crippen LogP contribution in [0.5, 0.6) is 0 Å². The monoisotopic (exact) mass is 391 g/mol. The van der Waals surface area contributed by atoms with E-state index in [4.69, 9.17) is 0 Å². The first-order valence-corrected chi connectivity index (χ1v) is 7.42. The Labute approximate surface area is 138 Å². The lowest BCUT2D eigenvalue weighted by atomic mass is 10.0. The Morgan fingerprint density at radius 2 is 1.96 bits per heavy atom. The van der Waals surface area contributed by atoms with Crippen LogP contribution in [-0.2, 0) is 11.0 Å². The van der Waals surface area contributed by atoms with Gasteiger partial charge in [0.25, 0.3) is 0 Å². The molecule has 1 atom stereocenters. The molecule has 124 valence electrons. The number of hydrogen-bond acceptors (Lipinski definition) is 4. The van der Waals surface area contributed by atoms with Crippen molar-refractivity contribution in [3.05, 3.63) is 28.5 Å². The lowest BCUT2D eigenvalue weighted by molar-refractivity contribution is -0.144. The number of aliphatic carboxylic acids is 1. The van der Waals surface area contributed by atoms with Crippen molar-refractivity contribution in [1.29, 1.82) is 0 Å². The predicted molar refractivity (Wildman–Crippen MR) is 82.1 cm³/mol. The van der Waals surface area contributed by atoms with Gasteiger partial charge in [0, 0.05) is 9.86 Å². The number of carboxylic acids is 1. The maximum absolute atomic E-state index is 13.0. The molecule has 0 aliphatic heterocycles. The zero-order valence-electron chi connectivity index (χ0n) is 12.1. The van der Waals surface area contributed by atoms with E-state index in [0.717, 1.165) is 0 Å². The molecule has 2 rings (SSSR count). The number of hydrogen-bond donors (Lipinski definition) is 2. The second-order valence-electron chi connectivity index (χ2n) is 5.26. The Kier molecular flexibility index (Phi) is 4.79. The smallest absolute Gasteiger partial charge is 0.451 e. The third kappa shape index (κ3) is 3.90. The Morgan fingerprint density at radius 1 is 1.30 bits per heavy atom. The maximum atomic E-state index is 13.0. The molecule has 2 aromatic rings. The molecule has 2 N–H and O–H groups in total. The Morgan fingerprint density at radius 3 is 2.48 bits per heavy atom. The van der Waals surface area contributed by atoms with Crippen LogP contribution in [0, 0.1) is 5.92 Å². The van der Waals surface area contributed by atoms with Crippen molar-refractivity contribution < 1.29 is 23.1 Å². The first kappa shape index (κ1) is 17.5. The Hall–Kier alpha value is -1.90. The number of rotatable bonds is 4. The molecule has 1 unspecified atom stereocenters. The zero-order valence-corrected chi connectivity index (χ0v) is 13.7. The standard InChI is InChI=1S/C14H13BrF3N3O2/c1-6(2)10(12(22)23)20-11-8-5-7(15)3-4-9(8)19-13(21-11)14(16,17)18/h3-6,10H,1-2H3,(H,22,23)(H,19,20,21). The quantitative estimate of drug-likeness (QED) is 0.825. The summed E-state index contributed by atoms with van der Waals surface area (Å²) < 4.78 is 39.5. The number of carboxylic acid groups (broad SMARTS) is 1. The molecule has 5 nitrogen and oxygen atoms in total. The first-order chi connectivity index (χ1) is 10.6. The number of aromatic nitrogens is 2. The molecule has 23 heavy (non-hydrogen) atoms. The highest BCUT2D eigenvalue weighted by Gasteiger charge is 2.36. The number of carbonyl (C=O) groups is 1. The summed E-state index contributed by atoms with van der Waals surface area (Å²) in [6, 6.07) is 3.42. The van der Waals surface area contributed by atoms with Gasteiger partial charge in [-0.1, -0.05) is 29.8 Å². The average molecular weight is 392 g/mol. The third-order valence-electron chi connectivity index (χ3n) is 3.14. The molecule has 0 aliphatic rings. The lowest BCUT2D eigenvalue weighted by Crippen LogP contribution is -2.35. The van der Waals surface area contributed by atoms with Gasteiger partial charge in [0.05, 0.1) is 5.52 Å². The summed E-state index contributed by atoms with van der Waals surface area (Å²) in [6.07, 6.45) is -4.73. The van der Waals surface area contributed by atoms with Crippen LogP contribution in [0.2, 0.25) is 0 Å². The highest BCUT2D eigenvalue weighted by molar-refractivity contribution is 9.10. The van der Waals surface area contributed by atoms with Gasteiger partial charge >= 0.3 is 12.1 Å². The second kappa shape index (κ2) is 6.31. The third-order valence-corrected chi connectivity index (χ3v) is 3.63. The van der Waals surface area contributed by atoms with Crippen molar-refractivity contribution in [1.82, 2.24) is 9.97 Å². The van der Waals surface area contributed by atoms with E-state index in [1.54, 1.807) is 19.9 Å². The van der Waals surface area contributed by atoms with Gasteiger partial charge in [-0.2, -0.15) is 13.2 Å². The minimum Gasteiger partial charge on any atom is -0.480 e. The van der Waals surface area contributed by atoms with Gasteiger partial charge < -0.3 is 10.4 Å². The molecule has 1 aromatic heterocycles.